The first-order valence-corrected chi connectivity index (χ1v) is 6.97. The van der Waals surface area contributed by atoms with Gasteiger partial charge in [-0.3, -0.25) is 4.79 Å². The van der Waals surface area contributed by atoms with Gasteiger partial charge in [-0.2, -0.15) is 0 Å². The summed E-state index contributed by atoms with van der Waals surface area (Å²) in [6.07, 6.45) is 8.05. The predicted molar refractivity (Wildman–Crippen MR) is 71.2 cm³/mol. The van der Waals surface area contributed by atoms with Crippen LogP contribution in [0.2, 0.25) is 0 Å². The van der Waals surface area contributed by atoms with Gasteiger partial charge in [-0.15, -0.1) is 0 Å². The van der Waals surface area contributed by atoms with E-state index in [1.165, 1.54) is 31.7 Å². The second-order valence-electron chi connectivity index (χ2n) is 5.75. The minimum Gasteiger partial charge on any atom is -0.476 e. The summed E-state index contributed by atoms with van der Waals surface area (Å²) in [5.74, 6) is 0.598. The van der Waals surface area contributed by atoms with Gasteiger partial charge in [-0.25, -0.2) is 14.8 Å². The first-order valence-electron chi connectivity index (χ1n) is 6.97. The number of aromatic nitrogens is 2. The number of carbonyl (C=O) groups is 2. The van der Waals surface area contributed by atoms with Gasteiger partial charge in [0.2, 0.25) is 5.91 Å². The monoisotopic (exact) mass is 275 g/mol. The highest BCUT2D eigenvalue weighted by molar-refractivity contribution is 5.97. The lowest BCUT2D eigenvalue weighted by Gasteiger charge is -2.20. The lowest BCUT2D eigenvalue weighted by molar-refractivity contribution is -0.117. The van der Waals surface area contributed by atoms with Crippen LogP contribution in [0.25, 0.3) is 0 Å². The molecule has 1 amide bonds. The van der Waals surface area contributed by atoms with E-state index < -0.39 is 5.97 Å². The Balaban J connectivity index is 1.63. The van der Waals surface area contributed by atoms with Crippen LogP contribution in [0.1, 0.15) is 42.6 Å². The maximum atomic E-state index is 12.0. The van der Waals surface area contributed by atoms with Crippen LogP contribution in [0.3, 0.4) is 0 Å². The van der Waals surface area contributed by atoms with Crippen molar-refractivity contribution in [1.82, 2.24) is 9.97 Å². The molecule has 1 heterocycles. The zero-order valence-corrected chi connectivity index (χ0v) is 11.1. The van der Waals surface area contributed by atoms with Crippen molar-refractivity contribution >= 4 is 17.7 Å². The molecule has 0 aromatic carbocycles. The van der Waals surface area contributed by atoms with Crippen molar-refractivity contribution in [3.05, 3.63) is 18.1 Å². The number of nitrogens with zero attached hydrogens (tertiary/aromatic N) is 2. The number of amides is 1. The highest BCUT2D eigenvalue weighted by Crippen LogP contribution is 2.49. The Morgan fingerprint density at radius 2 is 2.05 bits per heavy atom. The maximum Gasteiger partial charge on any atom is 0.358 e. The summed E-state index contributed by atoms with van der Waals surface area (Å²) < 4.78 is 0. The van der Waals surface area contributed by atoms with E-state index in [2.05, 4.69) is 15.3 Å². The molecule has 6 heteroatoms. The van der Waals surface area contributed by atoms with Gasteiger partial charge in [0.05, 0.1) is 0 Å². The number of fused-ring (bicyclic) bond motifs is 2. The van der Waals surface area contributed by atoms with Gasteiger partial charge in [0.1, 0.15) is 0 Å². The summed E-state index contributed by atoms with van der Waals surface area (Å²) in [7, 11) is 0. The van der Waals surface area contributed by atoms with E-state index in [9.17, 15) is 9.59 Å². The predicted octanol–water partition coefficient (Wildman–Crippen LogP) is 1.94. The van der Waals surface area contributed by atoms with Crippen molar-refractivity contribution in [2.24, 2.45) is 17.8 Å². The summed E-state index contributed by atoms with van der Waals surface area (Å²) in [6, 6.07) is 0. The first kappa shape index (κ1) is 13.0. The zero-order chi connectivity index (χ0) is 14.1. The van der Waals surface area contributed by atoms with Gasteiger partial charge < -0.3 is 10.4 Å². The fourth-order valence-electron chi connectivity index (χ4n) is 3.63. The third-order valence-corrected chi connectivity index (χ3v) is 4.49. The Morgan fingerprint density at radius 3 is 2.70 bits per heavy atom. The topological polar surface area (TPSA) is 92.2 Å². The molecule has 106 valence electrons. The maximum absolute atomic E-state index is 12.0. The number of carboxylic acids is 1. The van der Waals surface area contributed by atoms with E-state index in [0.29, 0.717) is 18.3 Å². The van der Waals surface area contributed by atoms with Crippen LogP contribution < -0.4 is 5.32 Å². The molecule has 0 saturated heterocycles. The third-order valence-electron chi connectivity index (χ3n) is 4.49. The molecule has 1 aromatic heterocycles. The molecule has 6 nitrogen and oxygen atoms in total. The summed E-state index contributed by atoms with van der Waals surface area (Å²) in [5, 5.41) is 11.6. The molecule has 3 atom stereocenters. The van der Waals surface area contributed by atoms with Crippen molar-refractivity contribution in [2.75, 3.05) is 5.32 Å². The minimum atomic E-state index is -1.19. The van der Waals surface area contributed by atoms with Gasteiger partial charge in [0.25, 0.3) is 0 Å². The molecule has 0 radical (unpaired) electrons. The summed E-state index contributed by atoms with van der Waals surface area (Å²) in [4.78, 5) is 30.7. The Bertz CT molecular complexity index is 546. The molecule has 2 saturated carbocycles. The Kier molecular flexibility index (Phi) is 3.38. The number of hydrogen-bond acceptors (Lipinski definition) is 4. The smallest absolute Gasteiger partial charge is 0.358 e. The van der Waals surface area contributed by atoms with E-state index in [1.54, 1.807) is 0 Å². The van der Waals surface area contributed by atoms with E-state index in [-0.39, 0.29) is 17.4 Å². The first-order chi connectivity index (χ1) is 9.63. The van der Waals surface area contributed by atoms with Gasteiger partial charge in [0, 0.05) is 18.8 Å². The van der Waals surface area contributed by atoms with E-state index >= 15 is 0 Å². The van der Waals surface area contributed by atoms with Crippen LogP contribution in [0.5, 0.6) is 0 Å². The SMILES string of the molecule is O=C(CC1CC2CCC1C2)Nc1nccnc1C(=O)O. The van der Waals surface area contributed by atoms with Gasteiger partial charge in [0.15, 0.2) is 11.5 Å². The average Bonchev–Trinajstić information content (AvgIpc) is 3.01. The lowest BCUT2D eigenvalue weighted by Crippen LogP contribution is -2.22. The fourth-order valence-corrected chi connectivity index (χ4v) is 3.63. The molecular formula is C14H17N3O3. The van der Waals surface area contributed by atoms with Gasteiger partial charge >= 0.3 is 5.97 Å². The second kappa shape index (κ2) is 5.19. The van der Waals surface area contributed by atoms with Crippen molar-refractivity contribution < 1.29 is 14.7 Å². The van der Waals surface area contributed by atoms with E-state index in [0.717, 1.165) is 12.3 Å². The van der Waals surface area contributed by atoms with Crippen molar-refractivity contribution in [3.63, 3.8) is 0 Å². The van der Waals surface area contributed by atoms with Crippen LogP contribution >= 0.6 is 0 Å². The number of rotatable bonds is 4. The van der Waals surface area contributed by atoms with Crippen molar-refractivity contribution in [1.29, 1.82) is 0 Å². The molecular weight excluding hydrogens is 258 g/mol. The normalized spacial score (nSPS) is 27.5. The Morgan fingerprint density at radius 1 is 1.25 bits per heavy atom. The number of aromatic carboxylic acids is 1. The second-order valence-corrected chi connectivity index (χ2v) is 5.75. The molecule has 3 rings (SSSR count). The number of hydrogen-bond donors (Lipinski definition) is 2. The van der Waals surface area contributed by atoms with Gasteiger partial charge in [-0.05, 0) is 37.0 Å². The van der Waals surface area contributed by atoms with Crippen LogP contribution in [-0.4, -0.2) is 27.0 Å². The standard InChI is InChI=1S/C14H17N3O3/c18-11(7-10-6-8-1-2-9(10)5-8)17-13-12(14(19)20)15-3-4-16-13/h3-4,8-10H,1-2,5-7H2,(H,19,20)(H,16,17,18). The van der Waals surface area contributed by atoms with Crippen LogP contribution in [0, 0.1) is 17.8 Å². The molecule has 0 spiro atoms. The molecule has 20 heavy (non-hydrogen) atoms. The third kappa shape index (κ3) is 2.50. The molecule has 2 bridgehead atoms. The Labute approximate surface area is 116 Å². The summed E-state index contributed by atoms with van der Waals surface area (Å²) in [5.41, 5.74) is -0.214. The van der Waals surface area contributed by atoms with E-state index in [1.807, 2.05) is 0 Å². The average molecular weight is 275 g/mol. The molecule has 2 aliphatic carbocycles. The van der Waals surface area contributed by atoms with Crippen LogP contribution in [-0.2, 0) is 4.79 Å². The molecule has 2 aliphatic rings. The molecule has 3 unspecified atom stereocenters. The molecule has 1 aromatic rings. The number of carboxylic acid groups (broad SMARTS) is 1. The number of carbonyl (C=O) groups excluding carboxylic acids is 1. The van der Waals surface area contributed by atoms with Gasteiger partial charge in [-0.1, -0.05) is 6.42 Å². The quantitative estimate of drug-likeness (QED) is 0.876. The molecule has 0 aliphatic heterocycles. The van der Waals surface area contributed by atoms with E-state index in [4.69, 9.17) is 5.11 Å². The minimum absolute atomic E-state index is 0.0353. The number of nitrogens with one attached hydrogen (secondary N) is 1. The summed E-state index contributed by atoms with van der Waals surface area (Å²) >= 11 is 0. The van der Waals surface area contributed by atoms with Crippen LogP contribution in [0.15, 0.2) is 12.4 Å². The highest BCUT2D eigenvalue weighted by Gasteiger charge is 2.40. The van der Waals surface area contributed by atoms with Crippen LogP contribution in [0.4, 0.5) is 5.82 Å². The number of anilines is 1. The summed E-state index contributed by atoms with van der Waals surface area (Å²) in [6.45, 7) is 0. The molecule has 2 N–H and O–H groups in total. The molecule has 2 fully saturated rings. The highest BCUT2D eigenvalue weighted by atomic mass is 16.4. The van der Waals surface area contributed by atoms with Crippen molar-refractivity contribution in [2.45, 2.75) is 32.1 Å². The lowest BCUT2D eigenvalue weighted by atomic mass is 9.86. The largest absolute Gasteiger partial charge is 0.476 e. The Hall–Kier alpha value is -1.98. The zero-order valence-electron chi connectivity index (χ0n) is 11.1. The fraction of sp³-hybridized carbons (Fsp3) is 0.571. The van der Waals surface area contributed by atoms with Crippen molar-refractivity contribution in [3.8, 4) is 0 Å².